The van der Waals surface area contributed by atoms with E-state index < -0.39 is 9.84 Å². The van der Waals surface area contributed by atoms with Gasteiger partial charge < -0.3 is 0 Å². The van der Waals surface area contributed by atoms with Crippen molar-refractivity contribution in [1.82, 2.24) is 4.98 Å². The standard InChI is InChI=1S/C7H8BNO2S/c1-8-6-12(10,11)7-4-2-3-5-9-7/h2-6H,1H3. The molecular weight excluding hydrogens is 173 g/mol. The van der Waals surface area contributed by atoms with Crippen molar-refractivity contribution in [3.8, 4) is 0 Å². The van der Waals surface area contributed by atoms with E-state index in [1.807, 2.05) is 0 Å². The summed E-state index contributed by atoms with van der Waals surface area (Å²) in [6, 6.07) is 4.79. The van der Waals surface area contributed by atoms with E-state index in [2.05, 4.69) is 4.98 Å². The first kappa shape index (κ1) is 9.13. The van der Waals surface area contributed by atoms with Crippen LogP contribution in [0.3, 0.4) is 0 Å². The van der Waals surface area contributed by atoms with Crippen LogP contribution in [0.2, 0.25) is 6.82 Å². The van der Waals surface area contributed by atoms with Gasteiger partial charge >= 0.3 is 71.7 Å². The Bertz CT molecular complexity index is 372. The molecule has 0 fully saturated rings. The summed E-state index contributed by atoms with van der Waals surface area (Å²) in [5, 5.41) is 1.22. The number of hydrogen-bond donors (Lipinski definition) is 0. The van der Waals surface area contributed by atoms with Crippen LogP contribution in [0.25, 0.3) is 0 Å². The second-order valence-corrected chi connectivity index (χ2v) is 3.96. The Labute approximate surface area is 72.3 Å². The Balaban J connectivity index is 3.16. The van der Waals surface area contributed by atoms with E-state index in [0.29, 0.717) is 0 Å². The monoisotopic (exact) mass is 181 g/mol. The predicted octanol–water partition coefficient (Wildman–Crippen LogP) is 0.367. The average molecular weight is 181 g/mol. The molecule has 0 aromatic carbocycles. The van der Waals surface area contributed by atoms with Crippen LogP contribution in [0.5, 0.6) is 0 Å². The molecule has 0 spiro atoms. The summed E-state index contributed by atoms with van der Waals surface area (Å²) in [5.74, 6) is 0. The van der Waals surface area contributed by atoms with Gasteiger partial charge in [-0.15, -0.1) is 0 Å². The summed E-state index contributed by atoms with van der Waals surface area (Å²) < 4.78 is 22.6. The molecule has 1 aromatic heterocycles. The molecule has 0 bridgehead atoms. The third-order valence-electron chi connectivity index (χ3n) is 1.24. The SMILES string of the molecule is CB=CS(=O)(=O)c1ccccn1. The van der Waals surface area contributed by atoms with Gasteiger partial charge in [0.1, 0.15) is 0 Å². The summed E-state index contributed by atoms with van der Waals surface area (Å²) in [7, 11) is -3.30. The molecule has 1 aromatic rings. The summed E-state index contributed by atoms with van der Waals surface area (Å²) in [5.41, 5.74) is 0. The number of hydrogen-bond acceptors (Lipinski definition) is 3. The maximum absolute atomic E-state index is 11.3. The first-order chi connectivity index (χ1) is 5.67. The van der Waals surface area contributed by atoms with Crippen LogP contribution in [-0.2, 0) is 9.84 Å². The second kappa shape index (κ2) is 3.62. The number of pyridine rings is 1. The minimum atomic E-state index is -3.30. The van der Waals surface area contributed by atoms with Gasteiger partial charge in [-0.25, -0.2) is 0 Å². The number of aromatic nitrogens is 1. The minimum absolute atomic E-state index is 0.0862. The third kappa shape index (κ3) is 2.01. The molecule has 1 rings (SSSR count). The molecule has 5 heteroatoms. The first-order valence-electron chi connectivity index (χ1n) is 3.45. The van der Waals surface area contributed by atoms with E-state index in [0.717, 1.165) is 5.30 Å². The molecule has 0 unspecified atom stereocenters. The summed E-state index contributed by atoms with van der Waals surface area (Å²) in [6.07, 6.45) is 1.45. The maximum atomic E-state index is 11.3. The molecule has 62 valence electrons. The molecule has 0 radical (unpaired) electrons. The fourth-order valence-electron chi connectivity index (χ4n) is 0.764. The molecule has 0 aliphatic heterocycles. The van der Waals surface area contributed by atoms with Crippen LogP contribution in [0.4, 0.5) is 0 Å². The Morgan fingerprint density at radius 2 is 2.25 bits per heavy atom. The van der Waals surface area contributed by atoms with E-state index in [-0.39, 0.29) is 5.03 Å². The van der Waals surface area contributed by atoms with Crippen LogP contribution in [0.1, 0.15) is 0 Å². The van der Waals surface area contributed by atoms with Crippen molar-refractivity contribution in [3.63, 3.8) is 0 Å². The van der Waals surface area contributed by atoms with Gasteiger partial charge in [0.25, 0.3) is 0 Å². The van der Waals surface area contributed by atoms with E-state index in [4.69, 9.17) is 0 Å². The molecule has 12 heavy (non-hydrogen) atoms. The topological polar surface area (TPSA) is 47.0 Å². The summed E-state index contributed by atoms with van der Waals surface area (Å²) in [4.78, 5) is 3.73. The van der Waals surface area contributed by atoms with Crippen molar-refractivity contribution in [1.29, 1.82) is 0 Å². The van der Waals surface area contributed by atoms with Crippen LogP contribution in [0.15, 0.2) is 29.4 Å². The number of sulfone groups is 1. The van der Waals surface area contributed by atoms with Crippen LogP contribution >= 0.6 is 0 Å². The van der Waals surface area contributed by atoms with Crippen molar-refractivity contribution in [2.75, 3.05) is 0 Å². The predicted molar refractivity (Wildman–Crippen MR) is 49.1 cm³/mol. The van der Waals surface area contributed by atoms with E-state index in [1.165, 1.54) is 19.2 Å². The Morgan fingerprint density at radius 1 is 1.50 bits per heavy atom. The van der Waals surface area contributed by atoms with Gasteiger partial charge in [0.2, 0.25) is 0 Å². The molecule has 0 saturated heterocycles. The van der Waals surface area contributed by atoms with Gasteiger partial charge in [0.05, 0.1) is 0 Å². The molecule has 0 amide bonds. The van der Waals surface area contributed by atoms with Gasteiger partial charge in [-0.1, -0.05) is 0 Å². The zero-order valence-electron chi connectivity index (χ0n) is 6.64. The zero-order chi connectivity index (χ0) is 9.03. The summed E-state index contributed by atoms with van der Waals surface area (Å²) >= 11 is 0. The van der Waals surface area contributed by atoms with Crippen molar-refractivity contribution < 1.29 is 8.42 Å². The van der Waals surface area contributed by atoms with Crippen LogP contribution < -0.4 is 0 Å². The third-order valence-corrected chi connectivity index (χ3v) is 2.70. The van der Waals surface area contributed by atoms with E-state index in [1.54, 1.807) is 19.0 Å². The molecule has 0 saturated carbocycles. The second-order valence-electron chi connectivity index (χ2n) is 2.18. The van der Waals surface area contributed by atoms with Gasteiger partial charge in [-0.2, -0.15) is 0 Å². The fraction of sp³-hybridized carbons (Fsp3) is 0.143. The zero-order valence-corrected chi connectivity index (χ0v) is 7.45. The van der Waals surface area contributed by atoms with Crippen molar-refractivity contribution in [3.05, 3.63) is 24.4 Å². The molecular formula is C7H8BNO2S. The van der Waals surface area contributed by atoms with Gasteiger partial charge in [0, 0.05) is 0 Å². The molecule has 1 heterocycles. The number of rotatable bonds is 2. The fourth-order valence-corrected chi connectivity index (χ4v) is 1.74. The Hall–Kier alpha value is -0.965. The first-order valence-corrected chi connectivity index (χ1v) is 5.00. The Kier molecular flexibility index (Phi) is 2.76. The molecule has 0 aliphatic carbocycles. The average Bonchev–Trinajstić information content (AvgIpc) is 2.06. The molecule has 3 nitrogen and oxygen atoms in total. The van der Waals surface area contributed by atoms with Crippen molar-refractivity contribution >= 4 is 22.1 Å². The van der Waals surface area contributed by atoms with Crippen LogP contribution in [0, 0.1) is 0 Å². The van der Waals surface area contributed by atoms with E-state index >= 15 is 0 Å². The van der Waals surface area contributed by atoms with Crippen molar-refractivity contribution in [2.24, 2.45) is 0 Å². The quantitative estimate of drug-likeness (QED) is 0.619. The van der Waals surface area contributed by atoms with Crippen molar-refractivity contribution in [2.45, 2.75) is 11.8 Å². The van der Waals surface area contributed by atoms with Gasteiger partial charge in [-0.05, 0) is 0 Å². The van der Waals surface area contributed by atoms with Gasteiger partial charge in [0.15, 0.2) is 0 Å². The van der Waals surface area contributed by atoms with Gasteiger partial charge in [-0.3, -0.25) is 0 Å². The molecule has 0 aliphatic rings. The molecule has 0 atom stereocenters. The van der Waals surface area contributed by atoms with Crippen LogP contribution in [-0.4, -0.2) is 25.6 Å². The summed E-state index contributed by atoms with van der Waals surface area (Å²) in [6.45, 7) is 3.13. The normalized spacial score (nSPS) is 11.4. The number of nitrogens with zero attached hydrogens (tertiary/aromatic N) is 1. The van der Waals surface area contributed by atoms with E-state index in [9.17, 15) is 8.42 Å². The Morgan fingerprint density at radius 3 is 2.75 bits per heavy atom. The molecule has 0 N–H and O–H groups in total.